The van der Waals surface area contributed by atoms with Crippen molar-refractivity contribution in [1.29, 1.82) is 0 Å². The third-order valence-corrected chi connectivity index (χ3v) is 4.59. The van der Waals surface area contributed by atoms with Crippen molar-refractivity contribution in [2.75, 3.05) is 13.2 Å². The van der Waals surface area contributed by atoms with Crippen LogP contribution in [0.3, 0.4) is 0 Å². The van der Waals surface area contributed by atoms with Crippen LogP contribution in [0, 0.1) is 5.41 Å². The van der Waals surface area contributed by atoms with Crippen LogP contribution >= 0.6 is 0 Å². The Morgan fingerprint density at radius 3 is 2.33 bits per heavy atom. The summed E-state index contributed by atoms with van der Waals surface area (Å²) >= 11 is 0. The number of ketones is 1. The topological polar surface area (TPSA) is 101 Å². The van der Waals surface area contributed by atoms with Crippen LogP contribution in [0.1, 0.15) is 44.6 Å². The van der Waals surface area contributed by atoms with Crippen molar-refractivity contribution in [2.45, 2.75) is 45.4 Å². The number of aryl methyl sites for hydroxylation is 1. The van der Waals surface area contributed by atoms with Crippen LogP contribution in [0.5, 0.6) is 0 Å². The highest BCUT2D eigenvalue weighted by Crippen LogP contribution is 2.36. The molecule has 1 unspecified atom stereocenters. The van der Waals surface area contributed by atoms with Gasteiger partial charge < -0.3 is 14.9 Å². The normalized spacial score (nSPS) is 12.9. The van der Waals surface area contributed by atoms with E-state index in [1.807, 2.05) is 37.3 Å². The first-order valence-corrected chi connectivity index (χ1v) is 9.13. The average Bonchev–Trinajstić information content (AvgIpc) is 2.65. The number of rotatable bonds is 14. The molecule has 1 aromatic rings. The summed E-state index contributed by atoms with van der Waals surface area (Å²) in [5, 5.41) is 19.1. The Labute approximate surface area is 159 Å². The van der Waals surface area contributed by atoms with Gasteiger partial charge >= 0.3 is 11.9 Å². The third kappa shape index (κ3) is 6.98. The smallest absolute Gasteiger partial charge is 0.332 e. The number of unbranched alkanes of at least 4 members (excludes halogenated alkanes) is 1. The average molecular weight is 376 g/mol. The van der Waals surface area contributed by atoms with E-state index in [9.17, 15) is 24.6 Å². The zero-order chi connectivity index (χ0) is 20.3. The molecular formula is C21H28O6. The quantitative estimate of drug-likeness (QED) is 0.381. The van der Waals surface area contributed by atoms with Crippen LogP contribution in [0.15, 0.2) is 42.5 Å². The summed E-state index contributed by atoms with van der Waals surface area (Å²) in [6.45, 7) is 5.97. The zero-order valence-corrected chi connectivity index (χ0v) is 15.8. The van der Waals surface area contributed by atoms with Gasteiger partial charge in [-0.05, 0) is 24.8 Å². The highest BCUT2D eigenvalue weighted by atomic mass is 16.5. The number of benzene rings is 1. The minimum Gasteiger partial charge on any atom is -0.481 e. The Balaban J connectivity index is 2.84. The summed E-state index contributed by atoms with van der Waals surface area (Å²) in [7, 11) is 0. The number of aliphatic carboxylic acids is 2. The van der Waals surface area contributed by atoms with Crippen LogP contribution in [0.2, 0.25) is 0 Å². The van der Waals surface area contributed by atoms with Gasteiger partial charge in [-0.1, -0.05) is 50.3 Å². The molecule has 0 heterocycles. The first kappa shape index (κ1) is 22.6. The number of carbonyl (C=O) groups excluding carboxylic acids is 1. The van der Waals surface area contributed by atoms with Crippen molar-refractivity contribution in [3.05, 3.63) is 48.0 Å². The van der Waals surface area contributed by atoms with Crippen LogP contribution in [-0.4, -0.2) is 41.1 Å². The zero-order valence-electron chi connectivity index (χ0n) is 15.8. The van der Waals surface area contributed by atoms with Gasteiger partial charge in [0.2, 0.25) is 0 Å². The summed E-state index contributed by atoms with van der Waals surface area (Å²) in [5.41, 5.74) is -1.37. The van der Waals surface area contributed by atoms with Gasteiger partial charge in [0.1, 0.15) is 11.2 Å². The number of carboxylic acids is 2. The summed E-state index contributed by atoms with van der Waals surface area (Å²) in [5.74, 6) is -3.08. The summed E-state index contributed by atoms with van der Waals surface area (Å²) in [6, 6.07) is 9.36. The Hall–Kier alpha value is -2.47. The molecule has 0 aliphatic heterocycles. The lowest BCUT2D eigenvalue weighted by Gasteiger charge is -2.29. The van der Waals surface area contributed by atoms with E-state index in [-0.39, 0.29) is 25.2 Å². The predicted octanol–water partition coefficient (Wildman–Crippen LogP) is 3.50. The lowest BCUT2D eigenvalue weighted by atomic mass is 9.73. The van der Waals surface area contributed by atoms with Crippen LogP contribution in [0.4, 0.5) is 0 Å². The molecule has 0 spiro atoms. The summed E-state index contributed by atoms with van der Waals surface area (Å²) in [6.07, 6.45) is 1.87. The number of hydrogen-bond acceptors (Lipinski definition) is 4. The van der Waals surface area contributed by atoms with Crippen LogP contribution < -0.4 is 0 Å². The van der Waals surface area contributed by atoms with Gasteiger partial charge in [0.25, 0.3) is 0 Å². The molecule has 148 valence electrons. The fourth-order valence-corrected chi connectivity index (χ4v) is 2.81. The highest BCUT2D eigenvalue weighted by molar-refractivity contribution is 5.99. The Bertz CT molecular complexity index is 652. The van der Waals surface area contributed by atoms with Crippen molar-refractivity contribution in [2.24, 2.45) is 5.41 Å². The second-order valence-corrected chi connectivity index (χ2v) is 6.59. The molecule has 27 heavy (non-hydrogen) atoms. The maximum atomic E-state index is 12.5. The first-order valence-electron chi connectivity index (χ1n) is 9.13. The van der Waals surface area contributed by atoms with E-state index in [1.165, 1.54) is 0 Å². The molecule has 0 aromatic heterocycles. The third-order valence-electron chi connectivity index (χ3n) is 4.59. The van der Waals surface area contributed by atoms with E-state index >= 15 is 0 Å². The number of ether oxygens (including phenoxy) is 1. The minimum absolute atomic E-state index is 0.0601. The van der Waals surface area contributed by atoms with E-state index in [0.29, 0.717) is 13.0 Å². The molecule has 0 radical (unpaired) electrons. The number of carboxylic acid groups (broad SMARTS) is 2. The fourth-order valence-electron chi connectivity index (χ4n) is 2.81. The second-order valence-electron chi connectivity index (χ2n) is 6.59. The SMILES string of the molecule is C=C(C(=O)O)C(CCOCCCC)(CC(=O)CCc1ccccc1)C(=O)O. The molecule has 0 aliphatic rings. The van der Waals surface area contributed by atoms with Gasteiger partial charge in [0, 0.05) is 31.6 Å². The van der Waals surface area contributed by atoms with E-state index in [2.05, 4.69) is 6.58 Å². The van der Waals surface area contributed by atoms with Crippen molar-refractivity contribution < 1.29 is 29.3 Å². The molecule has 0 aliphatic carbocycles. The molecule has 0 amide bonds. The second kappa shape index (κ2) is 11.3. The maximum Gasteiger partial charge on any atom is 0.332 e. The molecule has 6 nitrogen and oxygen atoms in total. The van der Waals surface area contributed by atoms with Gasteiger partial charge in [-0.2, -0.15) is 0 Å². The largest absolute Gasteiger partial charge is 0.481 e. The molecule has 2 N–H and O–H groups in total. The Morgan fingerprint density at radius 2 is 1.78 bits per heavy atom. The van der Waals surface area contributed by atoms with E-state index < -0.39 is 29.3 Å². The van der Waals surface area contributed by atoms with Crippen molar-refractivity contribution in [3.8, 4) is 0 Å². The molecule has 1 atom stereocenters. The number of hydrogen-bond donors (Lipinski definition) is 2. The van der Waals surface area contributed by atoms with Gasteiger partial charge in [-0.15, -0.1) is 0 Å². The highest BCUT2D eigenvalue weighted by Gasteiger charge is 2.45. The Kier molecular flexibility index (Phi) is 9.44. The van der Waals surface area contributed by atoms with Crippen molar-refractivity contribution >= 4 is 17.7 Å². The molecule has 0 saturated carbocycles. The van der Waals surface area contributed by atoms with Crippen LogP contribution in [0.25, 0.3) is 0 Å². The molecule has 1 rings (SSSR count). The van der Waals surface area contributed by atoms with E-state index in [4.69, 9.17) is 4.74 Å². The molecule has 0 bridgehead atoms. The number of Topliss-reactive ketones (excluding diaryl/α,β-unsaturated/α-hetero) is 1. The molecular weight excluding hydrogens is 348 g/mol. The maximum absolute atomic E-state index is 12.5. The first-order chi connectivity index (χ1) is 12.8. The molecule has 0 saturated heterocycles. The summed E-state index contributed by atoms with van der Waals surface area (Å²) < 4.78 is 5.41. The van der Waals surface area contributed by atoms with Gasteiger partial charge in [-0.25, -0.2) is 4.79 Å². The monoisotopic (exact) mass is 376 g/mol. The molecule has 1 aromatic carbocycles. The van der Waals surface area contributed by atoms with E-state index in [0.717, 1.165) is 18.4 Å². The van der Waals surface area contributed by atoms with Gasteiger partial charge in [-0.3, -0.25) is 9.59 Å². The molecule has 6 heteroatoms. The number of carbonyl (C=O) groups is 3. The van der Waals surface area contributed by atoms with Crippen LogP contribution in [-0.2, 0) is 25.5 Å². The van der Waals surface area contributed by atoms with E-state index in [1.54, 1.807) is 0 Å². The van der Waals surface area contributed by atoms with Gasteiger partial charge in [0.15, 0.2) is 0 Å². The summed E-state index contributed by atoms with van der Waals surface area (Å²) in [4.78, 5) is 35.9. The minimum atomic E-state index is -1.86. The predicted molar refractivity (Wildman–Crippen MR) is 102 cm³/mol. The fraction of sp³-hybridized carbons (Fsp3) is 0.476. The van der Waals surface area contributed by atoms with Gasteiger partial charge in [0.05, 0.1) is 0 Å². The Morgan fingerprint density at radius 1 is 1.11 bits per heavy atom. The lowest BCUT2D eigenvalue weighted by Crippen LogP contribution is -2.39. The lowest BCUT2D eigenvalue weighted by molar-refractivity contribution is -0.153. The molecule has 0 fully saturated rings. The standard InChI is InChI=1S/C21H28O6/c1-3-4-13-27-14-12-21(20(25)26,16(2)19(23)24)15-18(22)11-10-17-8-6-5-7-9-17/h5-9H,2-4,10-15H2,1H3,(H,23,24)(H,25,26). The van der Waals surface area contributed by atoms with Crippen molar-refractivity contribution in [3.63, 3.8) is 0 Å². The van der Waals surface area contributed by atoms with Crippen molar-refractivity contribution in [1.82, 2.24) is 0 Å².